The number of amides is 1. The van der Waals surface area contributed by atoms with Crippen molar-refractivity contribution in [2.75, 3.05) is 7.05 Å². The van der Waals surface area contributed by atoms with Gasteiger partial charge in [0.15, 0.2) is 6.10 Å². The number of nitrogens with zero attached hydrogens (tertiary/aromatic N) is 3. The molecule has 162 valence electrons. The van der Waals surface area contributed by atoms with E-state index in [9.17, 15) is 4.79 Å². The van der Waals surface area contributed by atoms with Crippen LogP contribution in [-0.4, -0.2) is 34.1 Å². The van der Waals surface area contributed by atoms with Crippen molar-refractivity contribution in [3.8, 4) is 17.1 Å². The van der Waals surface area contributed by atoms with E-state index in [0.717, 1.165) is 24.2 Å². The highest BCUT2D eigenvalue weighted by Gasteiger charge is 2.24. The van der Waals surface area contributed by atoms with E-state index in [2.05, 4.69) is 22.3 Å². The molecule has 0 radical (unpaired) electrons. The van der Waals surface area contributed by atoms with Crippen molar-refractivity contribution in [3.63, 3.8) is 0 Å². The van der Waals surface area contributed by atoms with Gasteiger partial charge in [-0.15, -0.1) is 0 Å². The van der Waals surface area contributed by atoms with E-state index in [-0.39, 0.29) is 12.5 Å². The maximum Gasteiger partial charge on any atom is 0.263 e. The van der Waals surface area contributed by atoms with Crippen LogP contribution in [0.4, 0.5) is 0 Å². The van der Waals surface area contributed by atoms with E-state index in [1.807, 2.05) is 25.1 Å². The smallest absolute Gasteiger partial charge is 0.263 e. The first-order valence-corrected chi connectivity index (χ1v) is 11.0. The lowest BCUT2D eigenvalue weighted by atomic mass is 9.92. The predicted molar refractivity (Wildman–Crippen MR) is 119 cm³/mol. The van der Waals surface area contributed by atoms with Crippen LogP contribution in [0.1, 0.15) is 43.2 Å². The molecule has 0 saturated heterocycles. The molecule has 0 N–H and O–H groups in total. The summed E-state index contributed by atoms with van der Waals surface area (Å²) in [4.78, 5) is 18.9. The van der Waals surface area contributed by atoms with Gasteiger partial charge in [-0.25, -0.2) is 0 Å². The molecule has 1 aliphatic rings. The lowest BCUT2D eigenvalue weighted by Crippen LogP contribution is -2.39. The molecule has 1 aliphatic carbocycles. The van der Waals surface area contributed by atoms with Gasteiger partial charge in [-0.3, -0.25) is 4.79 Å². The Hall–Kier alpha value is -2.86. The van der Waals surface area contributed by atoms with E-state index in [0.29, 0.717) is 23.2 Å². The number of hydrogen-bond acceptors (Lipinski definition) is 5. The third-order valence-electron chi connectivity index (χ3n) is 5.56. The average molecular weight is 440 g/mol. The molecule has 1 atom stereocenters. The van der Waals surface area contributed by atoms with Crippen molar-refractivity contribution in [2.24, 2.45) is 0 Å². The third-order valence-corrected chi connectivity index (χ3v) is 5.82. The van der Waals surface area contributed by atoms with Crippen LogP contribution in [0.15, 0.2) is 47.0 Å². The molecule has 0 bridgehead atoms. The number of aromatic nitrogens is 2. The zero-order chi connectivity index (χ0) is 21.8. The average Bonchev–Trinajstić information content (AvgIpc) is 3.25. The van der Waals surface area contributed by atoms with Gasteiger partial charge in [0, 0.05) is 17.6 Å². The summed E-state index contributed by atoms with van der Waals surface area (Å²) in [6.07, 6.45) is 4.65. The van der Waals surface area contributed by atoms with E-state index < -0.39 is 6.10 Å². The van der Waals surface area contributed by atoms with Gasteiger partial charge in [-0.2, -0.15) is 4.98 Å². The first-order chi connectivity index (χ1) is 15.0. The van der Waals surface area contributed by atoms with Crippen molar-refractivity contribution >= 4 is 17.5 Å². The SMILES string of the molecule is CC[C@@H](Oc1ccc2c(c1)CCCC2)C(=O)N(C)Cc1nc(-c2ccc(Cl)cc2)no1. The van der Waals surface area contributed by atoms with Crippen molar-refractivity contribution in [1.82, 2.24) is 15.0 Å². The molecular formula is C24H26ClN3O3. The fourth-order valence-corrected chi connectivity index (χ4v) is 3.94. The Balaban J connectivity index is 1.40. The molecule has 4 rings (SSSR count). The minimum Gasteiger partial charge on any atom is -0.481 e. The topological polar surface area (TPSA) is 68.5 Å². The molecule has 1 aromatic heterocycles. The van der Waals surface area contributed by atoms with Crippen LogP contribution in [0.2, 0.25) is 5.02 Å². The minimum absolute atomic E-state index is 0.119. The third kappa shape index (κ3) is 5.07. The minimum atomic E-state index is -0.565. The van der Waals surface area contributed by atoms with Gasteiger partial charge < -0.3 is 14.2 Å². The van der Waals surface area contributed by atoms with Gasteiger partial charge in [0.05, 0.1) is 6.54 Å². The maximum atomic E-state index is 13.0. The van der Waals surface area contributed by atoms with E-state index in [1.54, 1.807) is 24.1 Å². The fourth-order valence-electron chi connectivity index (χ4n) is 3.82. The van der Waals surface area contributed by atoms with E-state index in [4.69, 9.17) is 20.9 Å². The second-order valence-corrected chi connectivity index (χ2v) is 8.30. The summed E-state index contributed by atoms with van der Waals surface area (Å²) < 4.78 is 11.4. The predicted octanol–water partition coefficient (Wildman–Crippen LogP) is 5.08. The van der Waals surface area contributed by atoms with Crippen molar-refractivity contribution in [3.05, 3.63) is 64.5 Å². The normalized spacial score (nSPS) is 14.0. The molecular weight excluding hydrogens is 414 g/mol. The number of aryl methyl sites for hydroxylation is 2. The Labute approximate surface area is 187 Å². The molecule has 31 heavy (non-hydrogen) atoms. The largest absolute Gasteiger partial charge is 0.481 e. The molecule has 0 fully saturated rings. The zero-order valence-corrected chi connectivity index (χ0v) is 18.6. The molecule has 2 aromatic carbocycles. The van der Waals surface area contributed by atoms with Crippen LogP contribution in [0.25, 0.3) is 11.4 Å². The van der Waals surface area contributed by atoms with Gasteiger partial charge >= 0.3 is 0 Å². The van der Waals surface area contributed by atoms with Gasteiger partial charge in [0.1, 0.15) is 5.75 Å². The number of carbonyl (C=O) groups excluding carboxylic acids is 1. The summed E-state index contributed by atoms with van der Waals surface area (Å²) in [6.45, 7) is 2.16. The van der Waals surface area contributed by atoms with Gasteiger partial charge in [0.25, 0.3) is 5.91 Å². The Morgan fingerprint density at radius 2 is 1.90 bits per heavy atom. The number of fused-ring (bicyclic) bond motifs is 1. The van der Waals surface area contributed by atoms with Gasteiger partial charge in [0.2, 0.25) is 11.7 Å². The van der Waals surface area contributed by atoms with Gasteiger partial charge in [-0.1, -0.05) is 29.7 Å². The van der Waals surface area contributed by atoms with Crippen molar-refractivity contribution in [1.29, 1.82) is 0 Å². The number of likely N-dealkylation sites (N-methyl/N-ethyl adjacent to an activating group) is 1. The van der Waals surface area contributed by atoms with Crippen LogP contribution >= 0.6 is 11.6 Å². The second kappa shape index (κ2) is 9.52. The molecule has 7 heteroatoms. The highest BCUT2D eigenvalue weighted by atomic mass is 35.5. The van der Waals surface area contributed by atoms with Crippen molar-refractivity contribution in [2.45, 2.75) is 51.7 Å². The standard InChI is InChI=1S/C24H26ClN3O3/c1-3-21(30-20-13-10-16-6-4-5-7-18(16)14-20)24(29)28(2)15-22-26-23(27-31-22)17-8-11-19(25)12-9-17/h8-14,21H,3-7,15H2,1-2H3/t21-/m1/s1. The second-order valence-electron chi connectivity index (χ2n) is 7.87. The summed E-state index contributed by atoms with van der Waals surface area (Å²) in [6, 6.07) is 13.4. The molecule has 3 aromatic rings. The Bertz CT molecular complexity index is 1050. The molecule has 0 saturated carbocycles. The summed E-state index contributed by atoms with van der Waals surface area (Å²) in [7, 11) is 1.72. The van der Waals surface area contributed by atoms with Crippen LogP contribution in [-0.2, 0) is 24.2 Å². The number of rotatable bonds is 7. The first-order valence-electron chi connectivity index (χ1n) is 10.7. The van der Waals surface area contributed by atoms with Crippen LogP contribution < -0.4 is 4.74 Å². The van der Waals surface area contributed by atoms with E-state index in [1.165, 1.54) is 24.0 Å². The number of halogens is 1. The van der Waals surface area contributed by atoms with E-state index >= 15 is 0 Å². The molecule has 6 nitrogen and oxygen atoms in total. The summed E-state index contributed by atoms with van der Waals surface area (Å²) >= 11 is 5.92. The molecule has 1 heterocycles. The summed E-state index contributed by atoms with van der Waals surface area (Å²) in [5.74, 6) is 1.46. The Morgan fingerprint density at radius 3 is 2.65 bits per heavy atom. The quantitative estimate of drug-likeness (QED) is 0.513. The number of hydrogen-bond donors (Lipinski definition) is 0. The van der Waals surface area contributed by atoms with Gasteiger partial charge in [-0.05, 0) is 79.6 Å². The number of carbonyl (C=O) groups is 1. The van der Waals surface area contributed by atoms with Crippen molar-refractivity contribution < 1.29 is 14.1 Å². The van der Waals surface area contributed by atoms with Crippen LogP contribution in [0.5, 0.6) is 5.75 Å². The zero-order valence-electron chi connectivity index (χ0n) is 17.8. The lowest BCUT2D eigenvalue weighted by Gasteiger charge is -2.24. The van der Waals surface area contributed by atoms with Crippen LogP contribution in [0, 0.1) is 0 Å². The molecule has 0 spiro atoms. The maximum absolute atomic E-state index is 13.0. The highest BCUT2D eigenvalue weighted by molar-refractivity contribution is 6.30. The highest BCUT2D eigenvalue weighted by Crippen LogP contribution is 2.26. The Kier molecular flexibility index (Phi) is 6.56. The fraction of sp³-hybridized carbons (Fsp3) is 0.375. The molecule has 0 unspecified atom stereocenters. The lowest BCUT2D eigenvalue weighted by molar-refractivity contribution is -0.138. The summed E-state index contributed by atoms with van der Waals surface area (Å²) in [5.41, 5.74) is 3.53. The number of ether oxygens (including phenoxy) is 1. The number of benzene rings is 2. The monoisotopic (exact) mass is 439 g/mol. The Morgan fingerprint density at radius 1 is 1.16 bits per heavy atom. The molecule has 0 aliphatic heterocycles. The van der Waals surface area contributed by atoms with Crippen LogP contribution in [0.3, 0.4) is 0 Å². The molecule has 1 amide bonds. The summed E-state index contributed by atoms with van der Waals surface area (Å²) in [5, 5.41) is 4.64. The first kappa shape index (κ1) is 21.4.